The van der Waals surface area contributed by atoms with Crippen LogP contribution in [-0.4, -0.2) is 49.1 Å². The Balaban J connectivity index is 0.000000278. The first-order chi connectivity index (χ1) is 16.2. The number of nitrogens with two attached hydrogens (primary N) is 1. The number of benzene rings is 1. The summed E-state index contributed by atoms with van der Waals surface area (Å²) in [5, 5.41) is 39.0. The first-order valence-corrected chi connectivity index (χ1v) is 9.69. The molecular weight excluding hydrogens is 496 g/mol. The van der Waals surface area contributed by atoms with Gasteiger partial charge in [-0.2, -0.15) is 0 Å². The molecule has 0 spiro atoms. The minimum absolute atomic E-state index is 0. The van der Waals surface area contributed by atoms with Gasteiger partial charge in [0.25, 0.3) is 0 Å². The Bertz CT molecular complexity index is 1200. The van der Waals surface area contributed by atoms with Crippen molar-refractivity contribution in [2.45, 2.75) is 12.5 Å². The summed E-state index contributed by atoms with van der Waals surface area (Å²) in [6, 6.07) is 9.93. The molecular formula is C23H20CrN4O7. The van der Waals surface area contributed by atoms with Crippen molar-refractivity contribution in [3.63, 3.8) is 0 Å². The maximum atomic E-state index is 10.6. The van der Waals surface area contributed by atoms with Gasteiger partial charge >= 0.3 is 23.3 Å². The smallest absolute Gasteiger partial charge is 0.545 e. The van der Waals surface area contributed by atoms with Crippen molar-refractivity contribution in [1.29, 1.82) is 0 Å². The van der Waals surface area contributed by atoms with Crippen molar-refractivity contribution in [2.75, 3.05) is 0 Å². The van der Waals surface area contributed by atoms with E-state index in [0.29, 0.717) is 0 Å². The predicted molar refractivity (Wildman–Crippen MR) is 116 cm³/mol. The van der Waals surface area contributed by atoms with Gasteiger partial charge in [0.05, 0.1) is 11.9 Å². The Morgan fingerprint density at radius 2 is 1.51 bits per heavy atom. The molecule has 4 rings (SSSR count). The number of aromatic hydroxyl groups is 1. The predicted octanol–water partition coefficient (Wildman–Crippen LogP) is -0.284. The molecule has 0 saturated carbocycles. The molecule has 5 N–H and O–H groups in total. The summed E-state index contributed by atoms with van der Waals surface area (Å²) in [7, 11) is 0. The van der Waals surface area contributed by atoms with Gasteiger partial charge in [0.15, 0.2) is 0 Å². The number of rotatable bonds is 5. The van der Waals surface area contributed by atoms with Gasteiger partial charge in [-0.25, -0.2) is 0 Å². The Labute approximate surface area is 210 Å². The molecule has 1 aromatic carbocycles. The van der Waals surface area contributed by atoms with E-state index in [1.54, 1.807) is 36.5 Å². The van der Waals surface area contributed by atoms with Gasteiger partial charge in [0.1, 0.15) is 11.8 Å². The Morgan fingerprint density at radius 3 is 1.91 bits per heavy atom. The summed E-state index contributed by atoms with van der Waals surface area (Å²) in [6.07, 6.45) is 7.45. The number of carboxylic acid groups (broad SMARTS) is 3. The van der Waals surface area contributed by atoms with Gasteiger partial charge in [0.2, 0.25) is 0 Å². The van der Waals surface area contributed by atoms with Gasteiger partial charge in [0, 0.05) is 59.4 Å². The standard InChI is InChI=1S/C11H12N2O3.2C6H5NO2.Cr/c12-9(11(15)16)3-6-5-13-10-2-1-7(14)4-8(6)10;2*8-6(9)5-2-1-3-7-4-5;/h1-2,4-5,9,13-14H,3,12H2,(H,15,16);2*1-4H,(H,8,9);/q;;;+2/p-2/t9-;;;/m0.../s1. The molecule has 11 nitrogen and oxygen atoms in total. The van der Waals surface area contributed by atoms with Crippen LogP contribution in [-0.2, 0) is 28.6 Å². The molecule has 0 aliphatic carbocycles. The molecule has 0 radical (unpaired) electrons. The van der Waals surface area contributed by atoms with Gasteiger partial charge in [-0.1, -0.05) is 12.1 Å². The number of H-pyrrole nitrogens is 1. The molecule has 0 aliphatic rings. The van der Waals surface area contributed by atoms with Gasteiger partial charge in [-0.3, -0.25) is 14.8 Å². The molecule has 3 aromatic heterocycles. The number of aromatic nitrogens is 3. The zero-order valence-electron chi connectivity index (χ0n) is 18.0. The SMILES string of the molecule is N[C@@H](Cc1c[nH]c2ccc(O)cc12)C(=O)O.O=C([O-])c1cccnc1.O=C([O-])c1cccnc1.[Cr+2]. The number of aliphatic carboxylic acids is 1. The van der Waals surface area contributed by atoms with Gasteiger partial charge < -0.3 is 40.7 Å². The number of phenols is 1. The van der Waals surface area contributed by atoms with Gasteiger partial charge in [-0.05, 0) is 35.9 Å². The second-order valence-electron chi connectivity index (χ2n) is 6.75. The van der Waals surface area contributed by atoms with E-state index in [0.717, 1.165) is 16.5 Å². The maximum absolute atomic E-state index is 10.6. The number of fused-ring (bicyclic) bond motifs is 1. The van der Waals surface area contributed by atoms with Crippen LogP contribution >= 0.6 is 0 Å². The third-order valence-electron chi connectivity index (χ3n) is 4.30. The third kappa shape index (κ3) is 9.26. The normalized spacial score (nSPS) is 10.4. The molecule has 0 saturated heterocycles. The minimum atomic E-state index is -1.19. The number of nitrogens with zero attached hydrogens (tertiary/aromatic N) is 2. The summed E-state index contributed by atoms with van der Waals surface area (Å²) >= 11 is 0. The number of hydrogen-bond donors (Lipinski definition) is 4. The molecule has 12 heteroatoms. The first kappa shape index (κ1) is 28.8. The average Bonchev–Trinajstić information content (AvgIpc) is 3.22. The fourth-order valence-corrected chi connectivity index (χ4v) is 2.63. The molecule has 0 bridgehead atoms. The van der Waals surface area contributed by atoms with Crippen molar-refractivity contribution in [3.05, 3.63) is 90.1 Å². The Hall–Kier alpha value is -4.24. The Morgan fingerprint density at radius 1 is 0.971 bits per heavy atom. The number of pyridine rings is 2. The molecule has 0 unspecified atom stereocenters. The van der Waals surface area contributed by atoms with Crippen LogP contribution in [0.5, 0.6) is 5.75 Å². The van der Waals surface area contributed by atoms with Crippen molar-refractivity contribution in [2.24, 2.45) is 5.73 Å². The van der Waals surface area contributed by atoms with Crippen LogP contribution in [0.2, 0.25) is 0 Å². The van der Waals surface area contributed by atoms with E-state index in [1.807, 2.05) is 0 Å². The van der Waals surface area contributed by atoms with E-state index in [2.05, 4.69) is 15.0 Å². The molecule has 1 atom stereocenters. The molecule has 0 amide bonds. The molecule has 0 fully saturated rings. The van der Waals surface area contributed by atoms with Crippen LogP contribution < -0.4 is 15.9 Å². The van der Waals surface area contributed by atoms with Crippen LogP contribution in [0.15, 0.2) is 73.4 Å². The fourth-order valence-electron chi connectivity index (χ4n) is 2.63. The number of aromatic amines is 1. The molecule has 35 heavy (non-hydrogen) atoms. The number of nitrogens with one attached hydrogen (secondary N) is 1. The number of carbonyl (C=O) groups is 3. The van der Waals surface area contributed by atoms with Crippen molar-refractivity contribution >= 4 is 28.8 Å². The fraction of sp³-hybridized carbons (Fsp3) is 0.0870. The second-order valence-corrected chi connectivity index (χ2v) is 6.75. The van der Waals surface area contributed by atoms with Crippen LogP contribution in [0.4, 0.5) is 0 Å². The second kappa shape index (κ2) is 14.1. The van der Waals surface area contributed by atoms with Crippen LogP contribution in [0.3, 0.4) is 0 Å². The maximum Gasteiger partial charge on any atom is 2.00 e. The quantitative estimate of drug-likeness (QED) is 0.273. The van der Waals surface area contributed by atoms with Gasteiger partial charge in [-0.15, -0.1) is 0 Å². The van der Waals surface area contributed by atoms with E-state index in [9.17, 15) is 29.7 Å². The van der Waals surface area contributed by atoms with Crippen LogP contribution in [0, 0.1) is 0 Å². The van der Waals surface area contributed by atoms with E-state index >= 15 is 0 Å². The first-order valence-electron chi connectivity index (χ1n) is 9.69. The number of hydrogen-bond acceptors (Lipinski definition) is 9. The monoisotopic (exact) mass is 516 g/mol. The van der Waals surface area contributed by atoms with E-state index < -0.39 is 23.9 Å². The largest absolute Gasteiger partial charge is 2.00 e. The molecule has 180 valence electrons. The molecule has 0 aliphatic heterocycles. The number of carboxylic acids is 3. The zero-order valence-corrected chi connectivity index (χ0v) is 19.3. The Kier molecular flexibility index (Phi) is 11.6. The van der Waals surface area contributed by atoms with Crippen LogP contribution in [0.25, 0.3) is 10.9 Å². The molecule has 4 aromatic rings. The summed E-state index contributed by atoms with van der Waals surface area (Å²) in [5.74, 6) is -3.27. The zero-order chi connectivity index (χ0) is 25.1. The third-order valence-corrected chi connectivity index (χ3v) is 4.30. The number of carbonyl (C=O) groups excluding carboxylic acids is 2. The van der Waals surface area contributed by atoms with Crippen LogP contribution in [0.1, 0.15) is 26.3 Å². The topological polar surface area (TPSA) is 205 Å². The van der Waals surface area contributed by atoms with E-state index in [4.69, 9.17) is 10.8 Å². The number of phenolic OH excluding ortho intramolecular Hbond substituents is 1. The summed E-state index contributed by atoms with van der Waals surface area (Å²) in [5.41, 5.74) is 7.32. The van der Waals surface area contributed by atoms with Crippen molar-refractivity contribution in [3.8, 4) is 5.75 Å². The van der Waals surface area contributed by atoms with E-state index in [-0.39, 0.29) is 40.7 Å². The summed E-state index contributed by atoms with van der Waals surface area (Å²) in [6.45, 7) is 0. The number of aromatic carboxylic acids is 2. The summed E-state index contributed by atoms with van der Waals surface area (Å²) in [4.78, 5) is 40.9. The van der Waals surface area contributed by atoms with Crippen molar-refractivity contribution in [1.82, 2.24) is 15.0 Å². The average molecular weight is 516 g/mol. The minimum Gasteiger partial charge on any atom is -0.545 e. The van der Waals surface area contributed by atoms with Crippen molar-refractivity contribution < 1.29 is 52.2 Å². The van der Waals surface area contributed by atoms with E-state index in [1.165, 1.54) is 36.9 Å². The summed E-state index contributed by atoms with van der Waals surface area (Å²) < 4.78 is 0. The molecule has 3 heterocycles.